The lowest BCUT2D eigenvalue weighted by Crippen LogP contribution is -2.34. The third kappa shape index (κ3) is 3.52. The van der Waals surface area contributed by atoms with Gasteiger partial charge in [-0.3, -0.25) is 4.79 Å². The number of nitrogens with one attached hydrogen (secondary N) is 1. The normalized spacial score (nSPS) is 16.0. The molecular weight excluding hydrogens is 266 g/mol. The first kappa shape index (κ1) is 13.9. The van der Waals surface area contributed by atoms with E-state index in [1.807, 2.05) is 36.4 Å². The summed E-state index contributed by atoms with van der Waals surface area (Å²) in [7, 11) is 0. The SMILES string of the molecule is O=C(O)Cc1ccc2cc(OC3CCNCC3)ccc2c1. The van der Waals surface area contributed by atoms with Crippen molar-refractivity contribution < 1.29 is 14.6 Å². The van der Waals surface area contributed by atoms with E-state index in [-0.39, 0.29) is 12.5 Å². The lowest BCUT2D eigenvalue weighted by molar-refractivity contribution is -0.136. The molecular formula is C17H19NO3. The predicted octanol–water partition coefficient (Wildman–Crippen LogP) is 2.60. The molecule has 1 heterocycles. The molecule has 1 aliphatic rings. The van der Waals surface area contributed by atoms with Gasteiger partial charge in [-0.2, -0.15) is 0 Å². The van der Waals surface area contributed by atoms with Crippen molar-refractivity contribution in [3.8, 4) is 5.75 Å². The van der Waals surface area contributed by atoms with E-state index in [1.54, 1.807) is 0 Å². The largest absolute Gasteiger partial charge is 0.490 e. The second-order valence-electron chi connectivity index (χ2n) is 5.48. The van der Waals surface area contributed by atoms with Gasteiger partial charge in [-0.05, 0) is 54.4 Å². The van der Waals surface area contributed by atoms with Gasteiger partial charge in [-0.1, -0.05) is 24.3 Å². The highest BCUT2D eigenvalue weighted by Gasteiger charge is 2.14. The van der Waals surface area contributed by atoms with Crippen LogP contribution in [0.2, 0.25) is 0 Å². The van der Waals surface area contributed by atoms with Crippen molar-refractivity contribution in [2.75, 3.05) is 13.1 Å². The Hall–Kier alpha value is -2.07. The minimum atomic E-state index is -0.805. The maximum Gasteiger partial charge on any atom is 0.307 e. The van der Waals surface area contributed by atoms with Gasteiger partial charge >= 0.3 is 5.97 Å². The molecule has 3 rings (SSSR count). The molecule has 2 N–H and O–H groups in total. The molecule has 4 nitrogen and oxygen atoms in total. The highest BCUT2D eigenvalue weighted by molar-refractivity contribution is 5.85. The number of piperidine rings is 1. The molecule has 1 saturated heterocycles. The number of carbonyl (C=O) groups is 1. The average Bonchev–Trinajstić information content (AvgIpc) is 2.48. The average molecular weight is 285 g/mol. The Bertz CT molecular complexity index is 648. The van der Waals surface area contributed by atoms with E-state index in [0.717, 1.165) is 48.0 Å². The van der Waals surface area contributed by atoms with Gasteiger partial charge < -0.3 is 15.2 Å². The molecule has 0 aromatic heterocycles. The summed E-state index contributed by atoms with van der Waals surface area (Å²) in [6.07, 6.45) is 2.42. The van der Waals surface area contributed by atoms with Crippen molar-refractivity contribution in [3.05, 3.63) is 42.0 Å². The van der Waals surface area contributed by atoms with Crippen LogP contribution in [0.1, 0.15) is 18.4 Å². The standard InChI is InChI=1S/C17H19NO3/c19-17(20)10-12-1-2-14-11-16(4-3-13(14)9-12)21-15-5-7-18-8-6-15/h1-4,9,11,15,18H,5-8,10H2,(H,19,20). The van der Waals surface area contributed by atoms with Crippen LogP contribution in [-0.2, 0) is 11.2 Å². The molecule has 0 aliphatic carbocycles. The van der Waals surface area contributed by atoms with Crippen LogP contribution in [0, 0.1) is 0 Å². The first-order valence-electron chi connectivity index (χ1n) is 7.32. The monoisotopic (exact) mass is 285 g/mol. The molecule has 1 fully saturated rings. The van der Waals surface area contributed by atoms with Crippen LogP contribution >= 0.6 is 0 Å². The molecule has 0 amide bonds. The van der Waals surface area contributed by atoms with Crippen molar-refractivity contribution >= 4 is 16.7 Å². The lowest BCUT2D eigenvalue weighted by Gasteiger charge is -2.24. The molecule has 0 atom stereocenters. The summed E-state index contributed by atoms with van der Waals surface area (Å²) >= 11 is 0. The number of hydrogen-bond donors (Lipinski definition) is 2. The Morgan fingerprint density at radius 3 is 2.62 bits per heavy atom. The van der Waals surface area contributed by atoms with Gasteiger partial charge in [0.25, 0.3) is 0 Å². The van der Waals surface area contributed by atoms with Gasteiger partial charge in [0.15, 0.2) is 0 Å². The number of aliphatic carboxylic acids is 1. The summed E-state index contributed by atoms with van der Waals surface area (Å²) in [6, 6.07) is 11.7. The van der Waals surface area contributed by atoms with Crippen LogP contribution in [0.15, 0.2) is 36.4 Å². The third-order valence-corrected chi connectivity index (χ3v) is 3.82. The fourth-order valence-corrected chi connectivity index (χ4v) is 2.74. The lowest BCUT2D eigenvalue weighted by atomic mass is 10.0. The first-order valence-corrected chi connectivity index (χ1v) is 7.32. The molecule has 2 aromatic carbocycles. The number of fused-ring (bicyclic) bond motifs is 1. The van der Waals surface area contributed by atoms with Gasteiger partial charge in [-0.25, -0.2) is 0 Å². The van der Waals surface area contributed by atoms with E-state index in [1.165, 1.54) is 0 Å². The molecule has 1 aliphatic heterocycles. The van der Waals surface area contributed by atoms with Gasteiger partial charge in [0.2, 0.25) is 0 Å². The summed E-state index contributed by atoms with van der Waals surface area (Å²) in [5, 5.41) is 14.3. The number of rotatable bonds is 4. The van der Waals surface area contributed by atoms with Crippen LogP contribution in [0.25, 0.3) is 10.8 Å². The zero-order valence-corrected chi connectivity index (χ0v) is 11.8. The second-order valence-corrected chi connectivity index (χ2v) is 5.48. The smallest absolute Gasteiger partial charge is 0.307 e. The quantitative estimate of drug-likeness (QED) is 0.906. The zero-order chi connectivity index (χ0) is 14.7. The summed E-state index contributed by atoms with van der Waals surface area (Å²) in [5.74, 6) is 0.0839. The number of ether oxygens (including phenoxy) is 1. The Morgan fingerprint density at radius 2 is 1.86 bits per heavy atom. The molecule has 2 aromatic rings. The minimum Gasteiger partial charge on any atom is -0.490 e. The molecule has 0 spiro atoms. The van der Waals surface area contributed by atoms with E-state index in [0.29, 0.717) is 0 Å². The number of benzene rings is 2. The highest BCUT2D eigenvalue weighted by Crippen LogP contribution is 2.24. The van der Waals surface area contributed by atoms with Crippen LogP contribution in [0.4, 0.5) is 0 Å². The highest BCUT2D eigenvalue weighted by atomic mass is 16.5. The molecule has 4 heteroatoms. The van der Waals surface area contributed by atoms with Crippen molar-refractivity contribution in [3.63, 3.8) is 0 Å². The predicted molar refractivity (Wildman–Crippen MR) is 81.8 cm³/mol. The maximum atomic E-state index is 10.8. The van der Waals surface area contributed by atoms with E-state index in [9.17, 15) is 4.79 Å². The van der Waals surface area contributed by atoms with Gasteiger partial charge in [0, 0.05) is 0 Å². The molecule has 0 saturated carbocycles. The van der Waals surface area contributed by atoms with Crippen molar-refractivity contribution in [2.24, 2.45) is 0 Å². The van der Waals surface area contributed by atoms with Gasteiger partial charge in [0.1, 0.15) is 11.9 Å². The Morgan fingerprint density at radius 1 is 1.14 bits per heavy atom. The molecule has 110 valence electrons. The van der Waals surface area contributed by atoms with Crippen molar-refractivity contribution in [1.29, 1.82) is 0 Å². The first-order chi connectivity index (χ1) is 10.2. The van der Waals surface area contributed by atoms with Crippen molar-refractivity contribution in [1.82, 2.24) is 5.32 Å². The molecule has 0 bridgehead atoms. The summed E-state index contributed by atoms with van der Waals surface area (Å²) in [6.45, 7) is 2.02. The summed E-state index contributed by atoms with van der Waals surface area (Å²) in [5.41, 5.74) is 0.821. The van der Waals surface area contributed by atoms with Crippen LogP contribution in [0.5, 0.6) is 5.75 Å². The fraction of sp³-hybridized carbons (Fsp3) is 0.353. The second kappa shape index (κ2) is 6.14. The Kier molecular flexibility index (Phi) is 4.06. The number of carboxylic acid groups (broad SMARTS) is 1. The van der Waals surface area contributed by atoms with E-state index < -0.39 is 5.97 Å². The zero-order valence-electron chi connectivity index (χ0n) is 11.8. The molecule has 21 heavy (non-hydrogen) atoms. The minimum absolute atomic E-state index is 0.0588. The number of hydrogen-bond acceptors (Lipinski definition) is 3. The molecule has 0 unspecified atom stereocenters. The summed E-state index contributed by atoms with van der Waals surface area (Å²) < 4.78 is 6.02. The Balaban J connectivity index is 1.78. The van der Waals surface area contributed by atoms with Crippen LogP contribution < -0.4 is 10.1 Å². The Labute approximate surface area is 123 Å². The van der Waals surface area contributed by atoms with E-state index in [2.05, 4.69) is 5.32 Å². The van der Waals surface area contributed by atoms with E-state index in [4.69, 9.17) is 9.84 Å². The van der Waals surface area contributed by atoms with E-state index >= 15 is 0 Å². The van der Waals surface area contributed by atoms with Gasteiger partial charge in [-0.15, -0.1) is 0 Å². The molecule has 0 radical (unpaired) electrons. The van der Waals surface area contributed by atoms with Crippen molar-refractivity contribution in [2.45, 2.75) is 25.4 Å². The van der Waals surface area contributed by atoms with Crippen LogP contribution in [-0.4, -0.2) is 30.3 Å². The summed E-state index contributed by atoms with van der Waals surface area (Å²) in [4.78, 5) is 10.8. The number of carboxylic acids is 1. The van der Waals surface area contributed by atoms with Crippen LogP contribution in [0.3, 0.4) is 0 Å². The topological polar surface area (TPSA) is 58.6 Å². The third-order valence-electron chi connectivity index (χ3n) is 3.82. The maximum absolute atomic E-state index is 10.8. The van der Waals surface area contributed by atoms with Gasteiger partial charge in [0.05, 0.1) is 6.42 Å². The fourth-order valence-electron chi connectivity index (χ4n) is 2.74.